The third kappa shape index (κ3) is 4.20. The molecule has 1 aromatic heterocycles. The van der Waals surface area contributed by atoms with Crippen molar-refractivity contribution in [3.8, 4) is 0 Å². The van der Waals surface area contributed by atoms with Crippen molar-refractivity contribution >= 4 is 22.8 Å². The van der Waals surface area contributed by atoms with Crippen molar-refractivity contribution in [1.29, 1.82) is 0 Å². The molecule has 2 atom stereocenters. The van der Waals surface area contributed by atoms with Gasteiger partial charge in [0.05, 0.1) is 17.7 Å². The number of ether oxygens (including phenoxy) is 1. The van der Waals surface area contributed by atoms with Crippen LogP contribution in [0.5, 0.6) is 0 Å². The number of urea groups is 1. The van der Waals surface area contributed by atoms with Gasteiger partial charge in [-0.1, -0.05) is 18.2 Å². The largest absolute Gasteiger partial charge is 0.376 e. The van der Waals surface area contributed by atoms with E-state index < -0.39 is 0 Å². The van der Waals surface area contributed by atoms with E-state index in [2.05, 4.69) is 15.6 Å². The highest BCUT2D eigenvalue weighted by atomic mass is 16.5. The maximum atomic E-state index is 12.2. The van der Waals surface area contributed by atoms with Crippen LogP contribution in [0.15, 0.2) is 30.3 Å². The van der Waals surface area contributed by atoms with Crippen LogP contribution >= 0.6 is 0 Å². The fourth-order valence-electron chi connectivity index (χ4n) is 3.13. The quantitative estimate of drug-likeness (QED) is 0.877. The number of rotatable bonds is 5. The summed E-state index contributed by atoms with van der Waals surface area (Å²) in [6.45, 7) is 3.23. The Labute approximate surface area is 148 Å². The zero-order valence-electron chi connectivity index (χ0n) is 15.1. The van der Waals surface area contributed by atoms with Gasteiger partial charge in [-0.25, -0.2) is 9.78 Å². The van der Waals surface area contributed by atoms with Crippen LogP contribution in [-0.4, -0.2) is 43.9 Å². The monoisotopic (exact) mass is 342 g/mol. The minimum absolute atomic E-state index is 0.00835. The van der Waals surface area contributed by atoms with Gasteiger partial charge in [0.25, 0.3) is 0 Å². The van der Waals surface area contributed by atoms with Crippen molar-refractivity contribution in [1.82, 2.24) is 15.6 Å². The Balaban J connectivity index is 1.68. The van der Waals surface area contributed by atoms with Crippen molar-refractivity contribution in [3.05, 3.63) is 35.9 Å². The lowest BCUT2D eigenvalue weighted by Crippen LogP contribution is -2.45. The molecule has 0 unspecified atom stereocenters. The van der Waals surface area contributed by atoms with Gasteiger partial charge < -0.3 is 20.3 Å². The number of amides is 2. The predicted molar refractivity (Wildman–Crippen MR) is 99.9 cm³/mol. The molecule has 1 aliphatic rings. The van der Waals surface area contributed by atoms with Gasteiger partial charge in [0.2, 0.25) is 0 Å². The number of pyridine rings is 1. The Hall–Kier alpha value is -2.34. The summed E-state index contributed by atoms with van der Waals surface area (Å²) < 4.78 is 5.62. The second kappa shape index (κ2) is 7.70. The molecule has 3 rings (SSSR count). The molecular weight excluding hydrogens is 316 g/mol. The number of aromatic nitrogens is 1. The van der Waals surface area contributed by atoms with E-state index in [0.717, 1.165) is 41.7 Å². The lowest BCUT2D eigenvalue weighted by atomic mass is 10.1. The lowest BCUT2D eigenvalue weighted by Gasteiger charge is -2.20. The Kier molecular flexibility index (Phi) is 5.38. The number of carbonyl (C=O) groups is 1. The molecule has 0 bridgehead atoms. The number of anilines is 1. The molecular formula is C19H26N4O2. The van der Waals surface area contributed by atoms with E-state index in [0.29, 0.717) is 6.54 Å². The first-order valence-electron chi connectivity index (χ1n) is 8.76. The zero-order chi connectivity index (χ0) is 17.8. The number of nitrogens with zero attached hydrogens (tertiary/aromatic N) is 2. The average molecular weight is 342 g/mol. The topological polar surface area (TPSA) is 66.5 Å². The molecule has 6 heteroatoms. The van der Waals surface area contributed by atoms with E-state index in [1.54, 1.807) is 0 Å². The Bertz CT molecular complexity index is 741. The predicted octanol–water partition coefficient (Wildman–Crippen LogP) is 2.67. The minimum Gasteiger partial charge on any atom is -0.376 e. The molecule has 2 amide bonds. The summed E-state index contributed by atoms with van der Waals surface area (Å²) in [6, 6.07) is 9.84. The SMILES string of the molecule is C[C@H](NC(=O)NCc1cc(N(C)C)nc2ccccc12)[C@H]1CCCO1. The smallest absolute Gasteiger partial charge is 0.315 e. The molecule has 1 aromatic carbocycles. The molecule has 2 aromatic rings. The maximum Gasteiger partial charge on any atom is 0.315 e. The van der Waals surface area contributed by atoms with Gasteiger partial charge in [0.15, 0.2) is 0 Å². The molecule has 0 spiro atoms. The first-order valence-corrected chi connectivity index (χ1v) is 8.76. The maximum absolute atomic E-state index is 12.2. The standard InChI is InChI=1S/C19H26N4O2/c1-13(17-9-6-10-25-17)21-19(24)20-12-14-11-18(23(2)3)22-16-8-5-4-7-15(14)16/h4-5,7-8,11,13,17H,6,9-10,12H2,1-3H3,(H2,20,21,24)/t13-,17+/m0/s1. The number of nitrogens with one attached hydrogen (secondary N) is 2. The third-order valence-electron chi connectivity index (χ3n) is 4.57. The molecule has 0 saturated carbocycles. The third-order valence-corrected chi connectivity index (χ3v) is 4.57. The van der Waals surface area contributed by atoms with E-state index in [-0.39, 0.29) is 18.2 Å². The van der Waals surface area contributed by atoms with Gasteiger partial charge in [0.1, 0.15) is 5.82 Å². The Morgan fingerprint density at radius 3 is 2.92 bits per heavy atom. The second-order valence-electron chi connectivity index (χ2n) is 6.72. The Morgan fingerprint density at radius 1 is 1.40 bits per heavy atom. The van der Waals surface area contributed by atoms with Gasteiger partial charge in [-0.05, 0) is 37.5 Å². The number of hydrogen-bond donors (Lipinski definition) is 2. The van der Waals surface area contributed by atoms with Crippen LogP contribution in [0.4, 0.5) is 10.6 Å². The van der Waals surface area contributed by atoms with Crippen LogP contribution < -0.4 is 15.5 Å². The number of carbonyl (C=O) groups excluding carboxylic acids is 1. The summed E-state index contributed by atoms with van der Waals surface area (Å²) in [4.78, 5) is 18.8. The van der Waals surface area contributed by atoms with E-state index in [1.807, 2.05) is 56.3 Å². The molecule has 1 saturated heterocycles. The fourth-order valence-corrected chi connectivity index (χ4v) is 3.13. The summed E-state index contributed by atoms with van der Waals surface area (Å²) in [6.07, 6.45) is 2.19. The Morgan fingerprint density at radius 2 is 2.20 bits per heavy atom. The van der Waals surface area contributed by atoms with E-state index in [1.165, 1.54) is 0 Å². The molecule has 6 nitrogen and oxygen atoms in total. The fraction of sp³-hybridized carbons (Fsp3) is 0.474. The van der Waals surface area contributed by atoms with Crippen molar-refractivity contribution in [2.75, 3.05) is 25.6 Å². The number of hydrogen-bond acceptors (Lipinski definition) is 4. The van der Waals surface area contributed by atoms with E-state index >= 15 is 0 Å². The van der Waals surface area contributed by atoms with Crippen molar-refractivity contribution < 1.29 is 9.53 Å². The summed E-state index contributed by atoms with van der Waals surface area (Å²) in [5, 5.41) is 6.99. The number of fused-ring (bicyclic) bond motifs is 1. The molecule has 0 aliphatic carbocycles. The van der Waals surface area contributed by atoms with Crippen LogP contribution in [0.25, 0.3) is 10.9 Å². The normalized spacial score (nSPS) is 18.1. The average Bonchev–Trinajstić information content (AvgIpc) is 3.14. The summed E-state index contributed by atoms with van der Waals surface area (Å²) in [5.41, 5.74) is 1.98. The van der Waals surface area contributed by atoms with Crippen molar-refractivity contribution in [3.63, 3.8) is 0 Å². The van der Waals surface area contributed by atoms with Crippen LogP contribution in [0.3, 0.4) is 0 Å². The van der Waals surface area contributed by atoms with Crippen molar-refractivity contribution in [2.24, 2.45) is 0 Å². The first kappa shape index (κ1) is 17.5. The molecule has 1 fully saturated rings. The van der Waals surface area contributed by atoms with Crippen LogP contribution in [0.2, 0.25) is 0 Å². The van der Waals surface area contributed by atoms with E-state index in [9.17, 15) is 4.79 Å². The molecule has 2 N–H and O–H groups in total. The zero-order valence-corrected chi connectivity index (χ0v) is 15.1. The summed E-state index contributed by atoms with van der Waals surface area (Å²) in [7, 11) is 3.93. The van der Waals surface area contributed by atoms with Crippen LogP contribution in [0, 0.1) is 0 Å². The highest BCUT2D eigenvalue weighted by molar-refractivity contribution is 5.84. The second-order valence-corrected chi connectivity index (χ2v) is 6.72. The first-order chi connectivity index (χ1) is 12.0. The van der Waals surface area contributed by atoms with Gasteiger partial charge in [-0.3, -0.25) is 0 Å². The van der Waals surface area contributed by atoms with Gasteiger partial charge in [-0.15, -0.1) is 0 Å². The van der Waals surface area contributed by atoms with Crippen LogP contribution in [-0.2, 0) is 11.3 Å². The van der Waals surface area contributed by atoms with Crippen LogP contribution in [0.1, 0.15) is 25.3 Å². The molecule has 25 heavy (non-hydrogen) atoms. The molecule has 2 heterocycles. The highest BCUT2D eigenvalue weighted by Crippen LogP contribution is 2.22. The van der Waals surface area contributed by atoms with E-state index in [4.69, 9.17) is 4.74 Å². The molecule has 134 valence electrons. The number of benzene rings is 1. The van der Waals surface area contributed by atoms with Gasteiger partial charge in [-0.2, -0.15) is 0 Å². The summed E-state index contributed by atoms with van der Waals surface area (Å²) in [5.74, 6) is 0.878. The summed E-state index contributed by atoms with van der Waals surface area (Å²) >= 11 is 0. The minimum atomic E-state index is -0.171. The highest BCUT2D eigenvalue weighted by Gasteiger charge is 2.23. The number of para-hydroxylation sites is 1. The molecule has 1 aliphatic heterocycles. The van der Waals surface area contributed by atoms with Gasteiger partial charge in [0, 0.05) is 32.6 Å². The van der Waals surface area contributed by atoms with Crippen molar-refractivity contribution in [2.45, 2.75) is 38.5 Å². The lowest BCUT2D eigenvalue weighted by molar-refractivity contribution is 0.0860. The molecule has 0 radical (unpaired) electrons. The van der Waals surface area contributed by atoms with Gasteiger partial charge >= 0.3 is 6.03 Å².